The number of aromatic nitrogens is 1. The molecular formula is C11H18N4O2. The number of hydrogen-bond acceptors (Lipinski definition) is 5. The number of hydrogen-bond donors (Lipinski definition) is 3. The predicted molar refractivity (Wildman–Crippen MR) is 67.0 cm³/mol. The second-order valence-electron chi connectivity index (χ2n) is 3.87. The summed E-state index contributed by atoms with van der Waals surface area (Å²) < 4.78 is 4.98. The van der Waals surface area contributed by atoms with Crippen LogP contribution in [0.4, 0.5) is 11.5 Å². The van der Waals surface area contributed by atoms with Gasteiger partial charge in [0.2, 0.25) is 11.8 Å². The molecule has 0 aliphatic rings. The SMILES string of the molecule is COc1nc(NCC(=O)NC(C)C)ccc1N. The first-order chi connectivity index (χ1) is 8.02. The van der Waals surface area contributed by atoms with Gasteiger partial charge in [-0.3, -0.25) is 4.79 Å². The molecule has 0 aliphatic carbocycles. The Morgan fingerprint density at radius 3 is 2.82 bits per heavy atom. The third-order valence-electron chi connectivity index (χ3n) is 1.96. The summed E-state index contributed by atoms with van der Waals surface area (Å²) in [6.07, 6.45) is 0. The largest absolute Gasteiger partial charge is 0.479 e. The van der Waals surface area contributed by atoms with Gasteiger partial charge in [0.05, 0.1) is 19.3 Å². The minimum atomic E-state index is -0.0856. The van der Waals surface area contributed by atoms with Crippen LogP contribution in [0.1, 0.15) is 13.8 Å². The van der Waals surface area contributed by atoms with Gasteiger partial charge in [-0.25, -0.2) is 0 Å². The molecule has 0 radical (unpaired) electrons. The fraction of sp³-hybridized carbons (Fsp3) is 0.455. The molecule has 0 bridgehead atoms. The second kappa shape index (κ2) is 5.93. The number of nitrogen functional groups attached to an aromatic ring is 1. The number of carbonyl (C=O) groups is 1. The Balaban J connectivity index is 2.55. The van der Waals surface area contributed by atoms with Crippen molar-refractivity contribution in [2.75, 3.05) is 24.7 Å². The number of nitrogens with zero attached hydrogens (tertiary/aromatic N) is 1. The summed E-state index contributed by atoms with van der Waals surface area (Å²) in [6.45, 7) is 3.98. The predicted octanol–water partition coefficient (Wildman–Crippen LogP) is 0.609. The summed E-state index contributed by atoms with van der Waals surface area (Å²) in [5.74, 6) is 0.812. The van der Waals surface area contributed by atoms with Crippen LogP contribution in [-0.4, -0.2) is 30.6 Å². The molecule has 0 spiro atoms. The molecule has 17 heavy (non-hydrogen) atoms. The number of methoxy groups -OCH3 is 1. The van der Waals surface area contributed by atoms with Crippen LogP contribution in [0.3, 0.4) is 0 Å². The van der Waals surface area contributed by atoms with Crippen molar-refractivity contribution in [1.29, 1.82) is 0 Å². The summed E-state index contributed by atoms with van der Waals surface area (Å²) in [5.41, 5.74) is 6.09. The average Bonchev–Trinajstić information content (AvgIpc) is 2.27. The van der Waals surface area contributed by atoms with E-state index in [-0.39, 0.29) is 18.5 Å². The maximum Gasteiger partial charge on any atom is 0.239 e. The number of pyridine rings is 1. The van der Waals surface area contributed by atoms with Gasteiger partial charge in [0, 0.05) is 6.04 Å². The van der Waals surface area contributed by atoms with Gasteiger partial charge < -0.3 is 21.1 Å². The van der Waals surface area contributed by atoms with Crippen LogP contribution in [-0.2, 0) is 4.79 Å². The quantitative estimate of drug-likeness (QED) is 0.699. The zero-order valence-corrected chi connectivity index (χ0v) is 10.3. The van der Waals surface area contributed by atoms with E-state index in [0.717, 1.165) is 0 Å². The highest BCUT2D eigenvalue weighted by molar-refractivity contribution is 5.80. The van der Waals surface area contributed by atoms with Crippen molar-refractivity contribution >= 4 is 17.4 Å². The maximum atomic E-state index is 11.4. The normalized spacial score (nSPS) is 10.1. The molecule has 4 N–H and O–H groups in total. The molecule has 1 rings (SSSR count). The molecule has 1 aromatic heterocycles. The van der Waals surface area contributed by atoms with Crippen molar-refractivity contribution in [1.82, 2.24) is 10.3 Å². The Labute approximate surface area is 101 Å². The molecule has 1 amide bonds. The first-order valence-electron chi connectivity index (χ1n) is 5.36. The first kappa shape index (κ1) is 13.1. The fourth-order valence-corrected chi connectivity index (χ4v) is 1.26. The summed E-state index contributed by atoms with van der Waals surface area (Å²) in [6, 6.07) is 3.49. The molecule has 0 aliphatic heterocycles. The second-order valence-corrected chi connectivity index (χ2v) is 3.87. The monoisotopic (exact) mass is 238 g/mol. The van der Waals surface area contributed by atoms with Crippen molar-refractivity contribution in [3.8, 4) is 5.88 Å². The molecule has 94 valence electrons. The van der Waals surface area contributed by atoms with Crippen molar-refractivity contribution in [2.24, 2.45) is 0 Å². The Bertz CT molecular complexity index is 393. The van der Waals surface area contributed by atoms with Crippen LogP contribution in [0.2, 0.25) is 0 Å². The van der Waals surface area contributed by atoms with E-state index < -0.39 is 0 Å². The highest BCUT2D eigenvalue weighted by Crippen LogP contribution is 2.19. The Kier molecular flexibility index (Phi) is 4.56. The van der Waals surface area contributed by atoms with Gasteiger partial charge in [-0.1, -0.05) is 0 Å². The number of carbonyl (C=O) groups excluding carboxylic acids is 1. The zero-order chi connectivity index (χ0) is 12.8. The minimum absolute atomic E-state index is 0.0856. The zero-order valence-electron chi connectivity index (χ0n) is 10.3. The molecule has 0 unspecified atom stereocenters. The summed E-state index contributed by atoms with van der Waals surface area (Å²) >= 11 is 0. The smallest absolute Gasteiger partial charge is 0.239 e. The maximum absolute atomic E-state index is 11.4. The molecule has 0 saturated heterocycles. The van der Waals surface area contributed by atoms with Crippen LogP contribution in [0.25, 0.3) is 0 Å². The van der Waals surface area contributed by atoms with E-state index in [1.807, 2.05) is 13.8 Å². The molecule has 6 nitrogen and oxygen atoms in total. The van der Waals surface area contributed by atoms with Gasteiger partial charge in [-0.15, -0.1) is 0 Å². The number of nitrogens with two attached hydrogens (primary N) is 1. The van der Waals surface area contributed by atoms with Crippen molar-refractivity contribution in [3.63, 3.8) is 0 Å². The number of nitrogens with one attached hydrogen (secondary N) is 2. The Morgan fingerprint density at radius 1 is 1.53 bits per heavy atom. The molecular weight excluding hydrogens is 220 g/mol. The first-order valence-corrected chi connectivity index (χ1v) is 5.36. The summed E-state index contributed by atoms with van der Waals surface area (Å²) in [7, 11) is 1.49. The lowest BCUT2D eigenvalue weighted by Crippen LogP contribution is -2.34. The van der Waals surface area contributed by atoms with Gasteiger partial charge in [-0.05, 0) is 26.0 Å². The molecule has 1 heterocycles. The summed E-state index contributed by atoms with van der Waals surface area (Å²) in [4.78, 5) is 15.5. The molecule has 0 saturated carbocycles. The lowest BCUT2D eigenvalue weighted by atomic mass is 10.3. The molecule has 1 aromatic rings. The topological polar surface area (TPSA) is 89.3 Å². The van der Waals surface area contributed by atoms with Gasteiger partial charge >= 0.3 is 0 Å². The van der Waals surface area contributed by atoms with E-state index in [1.54, 1.807) is 12.1 Å². The van der Waals surface area contributed by atoms with Gasteiger partial charge in [-0.2, -0.15) is 4.98 Å². The Hall–Kier alpha value is -1.98. The van der Waals surface area contributed by atoms with Crippen molar-refractivity contribution in [3.05, 3.63) is 12.1 Å². The van der Waals surface area contributed by atoms with Crippen LogP contribution >= 0.6 is 0 Å². The van der Waals surface area contributed by atoms with Gasteiger partial charge in [0.15, 0.2) is 0 Å². The number of rotatable bonds is 5. The fourth-order valence-electron chi connectivity index (χ4n) is 1.26. The van der Waals surface area contributed by atoms with Crippen LogP contribution in [0.15, 0.2) is 12.1 Å². The standard InChI is InChI=1S/C11H18N4O2/c1-7(2)14-10(16)6-13-9-5-4-8(12)11(15-9)17-3/h4-5,7H,6,12H2,1-3H3,(H,13,15)(H,14,16). The lowest BCUT2D eigenvalue weighted by molar-refractivity contribution is -0.119. The third-order valence-corrected chi connectivity index (χ3v) is 1.96. The van der Waals surface area contributed by atoms with E-state index in [2.05, 4.69) is 15.6 Å². The van der Waals surface area contributed by atoms with E-state index in [1.165, 1.54) is 7.11 Å². The van der Waals surface area contributed by atoms with Crippen LogP contribution in [0.5, 0.6) is 5.88 Å². The minimum Gasteiger partial charge on any atom is -0.479 e. The molecule has 0 fully saturated rings. The van der Waals surface area contributed by atoms with Crippen molar-refractivity contribution < 1.29 is 9.53 Å². The van der Waals surface area contributed by atoms with Crippen LogP contribution < -0.4 is 21.1 Å². The molecule has 0 atom stereocenters. The number of ether oxygens (including phenoxy) is 1. The van der Waals surface area contributed by atoms with E-state index in [9.17, 15) is 4.79 Å². The average molecular weight is 238 g/mol. The van der Waals surface area contributed by atoms with E-state index in [4.69, 9.17) is 10.5 Å². The van der Waals surface area contributed by atoms with E-state index in [0.29, 0.717) is 17.4 Å². The highest BCUT2D eigenvalue weighted by Gasteiger charge is 2.05. The molecule has 0 aromatic carbocycles. The van der Waals surface area contributed by atoms with Gasteiger partial charge in [0.25, 0.3) is 0 Å². The molecule has 6 heteroatoms. The number of anilines is 2. The lowest BCUT2D eigenvalue weighted by Gasteiger charge is -2.10. The number of amides is 1. The van der Waals surface area contributed by atoms with E-state index >= 15 is 0 Å². The third kappa shape index (κ3) is 4.18. The highest BCUT2D eigenvalue weighted by atomic mass is 16.5. The van der Waals surface area contributed by atoms with Gasteiger partial charge in [0.1, 0.15) is 5.82 Å². The Morgan fingerprint density at radius 2 is 2.24 bits per heavy atom. The summed E-state index contributed by atoms with van der Waals surface area (Å²) in [5, 5.41) is 5.66. The van der Waals surface area contributed by atoms with Crippen molar-refractivity contribution in [2.45, 2.75) is 19.9 Å². The van der Waals surface area contributed by atoms with Crippen LogP contribution in [0, 0.1) is 0 Å².